The van der Waals surface area contributed by atoms with Gasteiger partial charge in [-0.1, -0.05) is 18.2 Å². The Morgan fingerprint density at radius 3 is 2.48 bits per heavy atom. The number of carbonyl (C=O) groups excluding carboxylic acids is 1. The van der Waals surface area contributed by atoms with Gasteiger partial charge in [-0.05, 0) is 36.8 Å². The second kappa shape index (κ2) is 5.55. The summed E-state index contributed by atoms with van der Waals surface area (Å²) in [6.45, 7) is 1.76. The van der Waals surface area contributed by atoms with E-state index in [1.54, 1.807) is 25.1 Å². The van der Waals surface area contributed by atoms with Crippen LogP contribution >= 0.6 is 0 Å². The third-order valence-corrected chi connectivity index (χ3v) is 3.92. The van der Waals surface area contributed by atoms with Crippen molar-refractivity contribution < 1.29 is 13.2 Å². The zero-order valence-corrected chi connectivity index (χ0v) is 12.1. The van der Waals surface area contributed by atoms with Crippen molar-refractivity contribution in [3.63, 3.8) is 0 Å². The minimum Gasteiger partial charge on any atom is -0.399 e. The van der Waals surface area contributed by atoms with E-state index in [9.17, 15) is 13.2 Å². The molecule has 0 heterocycles. The molecule has 0 spiro atoms. The maximum atomic E-state index is 12.3. The highest BCUT2D eigenvalue weighted by atomic mass is 32.2. The zero-order valence-electron chi connectivity index (χ0n) is 11.3. The molecule has 2 aromatic rings. The highest BCUT2D eigenvalue weighted by molar-refractivity contribution is 7.89. The summed E-state index contributed by atoms with van der Waals surface area (Å²) in [5.41, 5.74) is 7.35. The molecule has 0 aliphatic carbocycles. The Morgan fingerprint density at radius 1 is 1.14 bits per heavy atom. The van der Waals surface area contributed by atoms with Gasteiger partial charge in [0.05, 0.1) is 5.69 Å². The molecular formula is C14H15N3O3S. The number of anilines is 2. The quantitative estimate of drug-likeness (QED) is 0.745. The second-order valence-electron chi connectivity index (χ2n) is 4.57. The average Bonchev–Trinajstić information content (AvgIpc) is 2.41. The lowest BCUT2D eigenvalue weighted by Crippen LogP contribution is -2.19. The summed E-state index contributed by atoms with van der Waals surface area (Å²) in [5.74, 6) is -0.448. The number of para-hydroxylation sites is 1. The molecule has 0 radical (unpaired) electrons. The Bertz CT molecular complexity index is 801. The second-order valence-corrected chi connectivity index (χ2v) is 6.10. The van der Waals surface area contributed by atoms with Crippen molar-refractivity contribution >= 4 is 27.3 Å². The number of carbonyl (C=O) groups is 1. The van der Waals surface area contributed by atoms with Crippen molar-refractivity contribution in [2.75, 3.05) is 11.1 Å². The molecule has 0 saturated heterocycles. The number of rotatable bonds is 3. The van der Waals surface area contributed by atoms with E-state index in [4.69, 9.17) is 10.9 Å². The lowest BCUT2D eigenvalue weighted by Gasteiger charge is -2.11. The highest BCUT2D eigenvalue weighted by Crippen LogP contribution is 2.21. The van der Waals surface area contributed by atoms with Gasteiger partial charge in [0.1, 0.15) is 4.90 Å². The van der Waals surface area contributed by atoms with Crippen molar-refractivity contribution in [3.05, 3.63) is 53.6 Å². The fourth-order valence-corrected chi connectivity index (χ4v) is 2.59. The summed E-state index contributed by atoms with van der Waals surface area (Å²) in [4.78, 5) is 12.1. The summed E-state index contributed by atoms with van der Waals surface area (Å²) in [7, 11) is -3.92. The van der Waals surface area contributed by atoms with Gasteiger partial charge in [-0.15, -0.1) is 0 Å². The van der Waals surface area contributed by atoms with Crippen LogP contribution in [0.15, 0.2) is 47.4 Å². The first-order chi connectivity index (χ1) is 9.79. The lowest BCUT2D eigenvalue weighted by atomic mass is 10.1. The van der Waals surface area contributed by atoms with Gasteiger partial charge in [0.15, 0.2) is 0 Å². The third-order valence-electron chi connectivity index (χ3n) is 2.95. The van der Waals surface area contributed by atoms with Crippen LogP contribution in [0.1, 0.15) is 15.9 Å². The van der Waals surface area contributed by atoms with Crippen LogP contribution in [0.5, 0.6) is 0 Å². The van der Waals surface area contributed by atoms with Crippen LogP contribution in [-0.2, 0) is 10.0 Å². The number of aryl methyl sites for hydroxylation is 1. The molecule has 0 aliphatic rings. The van der Waals surface area contributed by atoms with E-state index >= 15 is 0 Å². The SMILES string of the molecule is Cc1ccc(N)cc1C(=O)Nc1ccccc1S(N)(=O)=O. The van der Waals surface area contributed by atoms with Gasteiger partial charge in [0.25, 0.3) is 5.91 Å². The van der Waals surface area contributed by atoms with E-state index in [0.717, 1.165) is 5.56 Å². The van der Waals surface area contributed by atoms with Gasteiger partial charge in [0, 0.05) is 11.3 Å². The van der Waals surface area contributed by atoms with Crippen LogP contribution in [0.4, 0.5) is 11.4 Å². The molecule has 0 bridgehead atoms. The van der Waals surface area contributed by atoms with E-state index in [-0.39, 0.29) is 10.6 Å². The number of amides is 1. The number of nitrogen functional groups attached to an aromatic ring is 1. The molecule has 21 heavy (non-hydrogen) atoms. The van der Waals surface area contributed by atoms with Gasteiger partial charge in [0.2, 0.25) is 10.0 Å². The predicted molar refractivity (Wildman–Crippen MR) is 81.4 cm³/mol. The summed E-state index contributed by atoms with van der Waals surface area (Å²) < 4.78 is 23.0. The van der Waals surface area contributed by atoms with E-state index < -0.39 is 15.9 Å². The molecule has 2 rings (SSSR count). The van der Waals surface area contributed by atoms with Crippen LogP contribution in [0.25, 0.3) is 0 Å². The van der Waals surface area contributed by atoms with Crippen LogP contribution in [-0.4, -0.2) is 14.3 Å². The number of nitrogens with one attached hydrogen (secondary N) is 1. The minimum atomic E-state index is -3.92. The largest absolute Gasteiger partial charge is 0.399 e. The summed E-state index contributed by atoms with van der Waals surface area (Å²) in [5, 5.41) is 7.67. The first kappa shape index (κ1) is 15.0. The number of nitrogens with two attached hydrogens (primary N) is 2. The topological polar surface area (TPSA) is 115 Å². The van der Waals surface area contributed by atoms with E-state index in [2.05, 4.69) is 5.32 Å². The van der Waals surface area contributed by atoms with Gasteiger partial charge in [-0.3, -0.25) is 4.79 Å². The van der Waals surface area contributed by atoms with Crippen molar-refractivity contribution in [2.24, 2.45) is 5.14 Å². The fourth-order valence-electron chi connectivity index (χ4n) is 1.89. The predicted octanol–water partition coefficient (Wildman–Crippen LogP) is 1.48. The van der Waals surface area contributed by atoms with Crippen molar-refractivity contribution in [3.8, 4) is 0 Å². The number of benzene rings is 2. The molecule has 0 aromatic heterocycles. The highest BCUT2D eigenvalue weighted by Gasteiger charge is 2.16. The van der Waals surface area contributed by atoms with E-state index in [1.165, 1.54) is 24.3 Å². The molecule has 110 valence electrons. The van der Waals surface area contributed by atoms with E-state index in [0.29, 0.717) is 11.3 Å². The molecule has 0 aliphatic heterocycles. The molecule has 1 amide bonds. The Morgan fingerprint density at radius 2 is 1.81 bits per heavy atom. The summed E-state index contributed by atoms with van der Waals surface area (Å²) in [6.07, 6.45) is 0. The normalized spacial score (nSPS) is 11.1. The molecule has 7 heteroatoms. The van der Waals surface area contributed by atoms with Crippen LogP contribution in [0.3, 0.4) is 0 Å². The molecule has 0 fully saturated rings. The number of primary sulfonamides is 1. The fraction of sp³-hybridized carbons (Fsp3) is 0.0714. The van der Waals surface area contributed by atoms with Crippen LogP contribution < -0.4 is 16.2 Å². The average molecular weight is 305 g/mol. The molecule has 6 nitrogen and oxygen atoms in total. The van der Waals surface area contributed by atoms with Gasteiger partial charge in [-0.2, -0.15) is 0 Å². The van der Waals surface area contributed by atoms with Crippen LogP contribution in [0.2, 0.25) is 0 Å². The van der Waals surface area contributed by atoms with Gasteiger partial charge in [-0.25, -0.2) is 13.6 Å². The molecule has 0 atom stereocenters. The number of sulfonamides is 1. The molecule has 5 N–H and O–H groups in total. The molecular weight excluding hydrogens is 290 g/mol. The monoisotopic (exact) mass is 305 g/mol. The van der Waals surface area contributed by atoms with Gasteiger partial charge >= 0.3 is 0 Å². The Labute approximate surface area is 122 Å². The third kappa shape index (κ3) is 3.39. The Kier molecular flexibility index (Phi) is 3.97. The molecule has 2 aromatic carbocycles. The standard InChI is InChI=1S/C14H15N3O3S/c1-9-6-7-10(15)8-11(9)14(18)17-12-4-2-3-5-13(12)21(16,19)20/h2-8H,15H2,1H3,(H,17,18)(H2,16,19,20). The minimum absolute atomic E-state index is 0.131. The van der Waals surface area contributed by atoms with Gasteiger partial charge < -0.3 is 11.1 Å². The smallest absolute Gasteiger partial charge is 0.256 e. The van der Waals surface area contributed by atoms with E-state index in [1.807, 2.05) is 0 Å². The van der Waals surface area contributed by atoms with Crippen molar-refractivity contribution in [1.29, 1.82) is 0 Å². The maximum Gasteiger partial charge on any atom is 0.256 e. The first-order valence-corrected chi connectivity index (χ1v) is 7.63. The lowest BCUT2D eigenvalue weighted by molar-refractivity contribution is 0.102. The van der Waals surface area contributed by atoms with Crippen molar-refractivity contribution in [2.45, 2.75) is 11.8 Å². The first-order valence-electron chi connectivity index (χ1n) is 6.08. The molecule has 0 saturated carbocycles. The van der Waals surface area contributed by atoms with Crippen molar-refractivity contribution in [1.82, 2.24) is 0 Å². The zero-order chi connectivity index (χ0) is 15.6. The number of hydrogen-bond acceptors (Lipinski definition) is 4. The Balaban J connectivity index is 2.39. The number of hydrogen-bond donors (Lipinski definition) is 3. The molecule has 0 unspecified atom stereocenters. The Hall–Kier alpha value is -2.38. The maximum absolute atomic E-state index is 12.3. The summed E-state index contributed by atoms with van der Waals surface area (Å²) in [6, 6.07) is 10.9. The summed E-state index contributed by atoms with van der Waals surface area (Å²) >= 11 is 0. The van der Waals surface area contributed by atoms with Crippen LogP contribution in [0, 0.1) is 6.92 Å².